The molecule has 0 fully saturated rings. The molecule has 1 heterocycles. The van der Waals surface area contributed by atoms with E-state index in [4.69, 9.17) is 0 Å². The molecule has 3 heteroatoms. The molecule has 2 rings (SSSR count). The molecule has 2 aromatic rings. The van der Waals surface area contributed by atoms with Gasteiger partial charge in [0.05, 0.1) is 9.83 Å². The maximum atomic E-state index is 3.57. The SMILES string of the molecule is CCNC(c1ccc(CC(C)C)cc1)c1csc(Br)c1. The van der Waals surface area contributed by atoms with Gasteiger partial charge in [-0.25, -0.2) is 0 Å². The molecular formula is C17H22BrNS. The molecule has 0 spiro atoms. The number of halogens is 1. The van der Waals surface area contributed by atoms with Gasteiger partial charge >= 0.3 is 0 Å². The molecule has 0 saturated carbocycles. The van der Waals surface area contributed by atoms with Crippen molar-refractivity contribution in [3.8, 4) is 0 Å². The van der Waals surface area contributed by atoms with E-state index >= 15 is 0 Å². The Labute approximate surface area is 134 Å². The van der Waals surface area contributed by atoms with E-state index in [0.29, 0.717) is 5.92 Å². The Kier molecular flexibility index (Phi) is 5.82. The van der Waals surface area contributed by atoms with Crippen LogP contribution < -0.4 is 5.32 Å². The molecule has 0 aliphatic heterocycles. The molecule has 108 valence electrons. The summed E-state index contributed by atoms with van der Waals surface area (Å²) >= 11 is 5.30. The molecule has 0 saturated heterocycles. The van der Waals surface area contributed by atoms with Gasteiger partial charge in [-0.15, -0.1) is 11.3 Å². The molecule has 0 aliphatic carbocycles. The number of rotatable bonds is 6. The molecule has 1 aromatic carbocycles. The van der Waals surface area contributed by atoms with Crippen molar-refractivity contribution in [2.45, 2.75) is 33.2 Å². The average molecular weight is 352 g/mol. The van der Waals surface area contributed by atoms with Crippen molar-refractivity contribution in [1.29, 1.82) is 0 Å². The highest BCUT2D eigenvalue weighted by Gasteiger charge is 2.14. The fourth-order valence-corrected chi connectivity index (χ4v) is 3.63. The molecule has 0 radical (unpaired) electrons. The molecule has 1 N–H and O–H groups in total. The van der Waals surface area contributed by atoms with Gasteiger partial charge in [-0.05, 0) is 63.0 Å². The molecule has 0 bridgehead atoms. The number of hydrogen-bond donors (Lipinski definition) is 1. The van der Waals surface area contributed by atoms with Crippen LogP contribution in [0.15, 0.2) is 39.5 Å². The van der Waals surface area contributed by atoms with Crippen molar-refractivity contribution in [3.05, 3.63) is 56.2 Å². The Hall–Kier alpha value is -0.640. The Morgan fingerprint density at radius 1 is 1.15 bits per heavy atom. The van der Waals surface area contributed by atoms with Crippen LogP contribution in [0, 0.1) is 5.92 Å². The van der Waals surface area contributed by atoms with Crippen molar-refractivity contribution in [2.24, 2.45) is 5.92 Å². The predicted octanol–water partition coefficient (Wildman–Crippen LogP) is 5.41. The van der Waals surface area contributed by atoms with Gasteiger partial charge in [0.2, 0.25) is 0 Å². The van der Waals surface area contributed by atoms with E-state index in [1.165, 1.54) is 20.5 Å². The van der Waals surface area contributed by atoms with E-state index in [9.17, 15) is 0 Å². The van der Waals surface area contributed by atoms with Crippen LogP contribution in [0.25, 0.3) is 0 Å². The van der Waals surface area contributed by atoms with Gasteiger partial charge in [0.25, 0.3) is 0 Å². The topological polar surface area (TPSA) is 12.0 Å². The van der Waals surface area contributed by atoms with Crippen molar-refractivity contribution >= 4 is 27.3 Å². The quantitative estimate of drug-likeness (QED) is 0.733. The minimum Gasteiger partial charge on any atom is -0.307 e. The number of thiophene rings is 1. The first-order chi connectivity index (χ1) is 9.60. The van der Waals surface area contributed by atoms with Crippen LogP contribution in [-0.2, 0) is 6.42 Å². The number of nitrogens with one attached hydrogen (secondary N) is 1. The summed E-state index contributed by atoms with van der Waals surface area (Å²) in [7, 11) is 0. The first kappa shape index (κ1) is 15.7. The van der Waals surface area contributed by atoms with E-state index in [1.807, 2.05) is 0 Å². The highest BCUT2D eigenvalue weighted by atomic mass is 79.9. The second-order valence-corrected chi connectivity index (χ2v) is 7.80. The van der Waals surface area contributed by atoms with Crippen LogP contribution in [0.5, 0.6) is 0 Å². The van der Waals surface area contributed by atoms with Crippen LogP contribution in [0.4, 0.5) is 0 Å². The molecular weight excluding hydrogens is 330 g/mol. The highest BCUT2D eigenvalue weighted by Crippen LogP contribution is 2.29. The lowest BCUT2D eigenvalue weighted by Gasteiger charge is -2.18. The normalized spacial score (nSPS) is 12.8. The average Bonchev–Trinajstić information content (AvgIpc) is 2.83. The number of hydrogen-bond acceptors (Lipinski definition) is 2. The zero-order chi connectivity index (χ0) is 14.5. The third-order valence-electron chi connectivity index (χ3n) is 3.29. The Balaban J connectivity index is 2.21. The second kappa shape index (κ2) is 7.39. The lowest BCUT2D eigenvalue weighted by atomic mass is 9.97. The second-order valence-electron chi connectivity index (χ2n) is 5.51. The van der Waals surface area contributed by atoms with Gasteiger partial charge in [-0.1, -0.05) is 45.0 Å². The van der Waals surface area contributed by atoms with Crippen LogP contribution in [0.2, 0.25) is 0 Å². The molecule has 0 aliphatic rings. The summed E-state index contributed by atoms with van der Waals surface area (Å²) in [6.07, 6.45) is 1.15. The van der Waals surface area contributed by atoms with E-state index < -0.39 is 0 Å². The Bertz CT molecular complexity index is 530. The summed E-state index contributed by atoms with van der Waals surface area (Å²) in [6, 6.07) is 11.5. The third-order valence-corrected chi connectivity index (χ3v) is 4.81. The third kappa shape index (κ3) is 4.18. The van der Waals surface area contributed by atoms with Crippen LogP contribution in [0.1, 0.15) is 43.5 Å². The fraction of sp³-hybridized carbons (Fsp3) is 0.412. The van der Waals surface area contributed by atoms with Crippen molar-refractivity contribution in [3.63, 3.8) is 0 Å². The van der Waals surface area contributed by atoms with E-state index in [0.717, 1.165) is 13.0 Å². The minimum absolute atomic E-state index is 0.288. The zero-order valence-corrected chi connectivity index (χ0v) is 14.7. The van der Waals surface area contributed by atoms with Gasteiger partial charge in [0.15, 0.2) is 0 Å². The van der Waals surface area contributed by atoms with E-state index in [2.05, 4.69) is 77.7 Å². The van der Waals surface area contributed by atoms with Gasteiger partial charge < -0.3 is 5.32 Å². The smallest absolute Gasteiger partial charge is 0.0701 e. The maximum Gasteiger partial charge on any atom is 0.0701 e. The standard InChI is InChI=1S/C17H22BrNS/c1-4-19-17(15-10-16(18)20-11-15)14-7-5-13(6-8-14)9-12(2)3/h5-8,10-12,17,19H,4,9H2,1-3H3. The highest BCUT2D eigenvalue weighted by molar-refractivity contribution is 9.11. The summed E-state index contributed by atoms with van der Waals surface area (Å²) in [4.78, 5) is 0. The summed E-state index contributed by atoms with van der Waals surface area (Å²) in [5.74, 6) is 0.707. The zero-order valence-electron chi connectivity index (χ0n) is 12.3. The first-order valence-corrected chi connectivity index (χ1v) is 8.83. The Morgan fingerprint density at radius 3 is 2.35 bits per heavy atom. The van der Waals surface area contributed by atoms with Crippen LogP contribution in [-0.4, -0.2) is 6.54 Å². The minimum atomic E-state index is 0.288. The molecule has 20 heavy (non-hydrogen) atoms. The fourth-order valence-electron chi connectivity index (χ4n) is 2.42. The van der Waals surface area contributed by atoms with E-state index in [1.54, 1.807) is 11.3 Å². The molecule has 1 aromatic heterocycles. The largest absolute Gasteiger partial charge is 0.307 e. The lowest BCUT2D eigenvalue weighted by molar-refractivity contribution is 0.629. The van der Waals surface area contributed by atoms with Gasteiger partial charge in [0, 0.05) is 0 Å². The van der Waals surface area contributed by atoms with Crippen molar-refractivity contribution in [1.82, 2.24) is 5.32 Å². The summed E-state index contributed by atoms with van der Waals surface area (Å²) in [5, 5.41) is 5.80. The van der Waals surface area contributed by atoms with Crippen molar-refractivity contribution < 1.29 is 0 Å². The molecule has 0 amide bonds. The molecule has 1 atom stereocenters. The van der Waals surface area contributed by atoms with E-state index in [-0.39, 0.29) is 6.04 Å². The van der Waals surface area contributed by atoms with Gasteiger partial charge in [-0.3, -0.25) is 0 Å². The van der Waals surface area contributed by atoms with Gasteiger partial charge in [-0.2, -0.15) is 0 Å². The summed E-state index contributed by atoms with van der Waals surface area (Å²) in [5.41, 5.74) is 4.09. The summed E-state index contributed by atoms with van der Waals surface area (Å²) in [6.45, 7) is 7.64. The summed E-state index contributed by atoms with van der Waals surface area (Å²) < 4.78 is 1.19. The monoisotopic (exact) mass is 351 g/mol. The lowest BCUT2D eigenvalue weighted by Crippen LogP contribution is -2.21. The molecule has 1 unspecified atom stereocenters. The van der Waals surface area contributed by atoms with Gasteiger partial charge in [0.1, 0.15) is 0 Å². The van der Waals surface area contributed by atoms with Crippen LogP contribution >= 0.6 is 27.3 Å². The predicted molar refractivity (Wildman–Crippen MR) is 92.5 cm³/mol. The maximum absolute atomic E-state index is 3.57. The Morgan fingerprint density at radius 2 is 1.85 bits per heavy atom. The molecule has 1 nitrogen and oxygen atoms in total. The van der Waals surface area contributed by atoms with Crippen molar-refractivity contribution in [2.75, 3.05) is 6.54 Å². The van der Waals surface area contributed by atoms with Crippen LogP contribution in [0.3, 0.4) is 0 Å². The number of benzene rings is 1. The first-order valence-electron chi connectivity index (χ1n) is 7.16.